The van der Waals surface area contributed by atoms with E-state index in [1.165, 1.54) is 0 Å². The molecule has 1 aliphatic heterocycles. The second-order valence-electron chi connectivity index (χ2n) is 4.39. The Kier molecular flexibility index (Phi) is 2.33. The van der Waals surface area contributed by atoms with Gasteiger partial charge in [0.15, 0.2) is 0 Å². The number of aromatic nitrogens is 2. The van der Waals surface area contributed by atoms with Crippen LogP contribution in [0.1, 0.15) is 21.6 Å². The molecule has 0 saturated carbocycles. The van der Waals surface area contributed by atoms with E-state index in [0.717, 1.165) is 28.1 Å². The van der Waals surface area contributed by atoms with Crippen molar-refractivity contribution in [2.75, 3.05) is 6.61 Å². The Hall–Kier alpha value is -2.30. The zero-order valence-electron chi connectivity index (χ0n) is 9.99. The summed E-state index contributed by atoms with van der Waals surface area (Å²) in [6.45, 7) is 2.52. The minimum absolute atomic E-state index is 0.378. The lowest BCUT2D eigenvalue weighted by molar-refractivity contribution is 0.0994. The number of primary amides is 1. The van der Waals surface area contributed by atoms with Gasteiger partial charge in [0.25, 0.3) is 5.91 Å². The first-order valence-corrected chi connectivity index (χ1v) is 5.77. The van der Waals surface area contributed by atoms with Gasteiger partial charge >= 0.3 is 0 Å². The lowest BCUT2D eigenvalue weighted by Crippen LogP contribution is -2.14. The number of aryl methyl sites for hydroxylation is 1. The highest BCUT2D eigenvalue weighted by molar-refractivity contribution is 5.94. The second-order valence-corrected chi connectivity index (χ2v) is 4.39. The molecule has 3 rings (SSSR count). The summed E-state index contributed by atoms with van der Waals surface area (Å²) in [5.41, 5.74) is 9.34. The van der Waals surface area contributed by atoms with Gasteiger partial charge in [-0.1, -0.05) is 11.6 Å². The van der Waals surface area contributed by atoms with Crippen LogP contribution in [0.25, 0.3) is 11.3 Å². The van der Waals surface area contributed by atoms with Crippen LogP contribution in [-0.4, -0.2) is 22.7 Å². The van der Waals surface area contributed by atoms with Crippen molar-refractivity contribution in [3.8, 4) is 17.0 Å². The summed E-state index contributed by atoms with van der Waals surface area (Å²) in [6, 6.07) is 5.93. The zero-order chi connectivity index (χ0) is 12.7. The number of aromatic amines is 1. The molecule has 0 spiro atoms. The highest BCUT2D eigenvalue weighted by Gasteiger charge is 2.23. The first-order chi connectivity index (χ1) is 8.66. The van der Waals surface area contributed by atoms with E-state index < -0.39 is 5.91 Å². The van der Waals surface area contributed by atoms with Crippen molar-refractivity contribution in [3.63, 3.8) is 0 Å². The van der Waals surface area contributed by atoms with Gasteiger partial charge in [-0.25, -0.2) is 0 Å². The van der Waals surface area contributed by atoms with Gasteiger partial charge in [-0.05, 0) is 19.1 Å². The molecule has 2 heterocycles. The van der Waals surface area contributed by atoms with Crippen LogP contribution in [0, 0.1) is 6.92 Å². The van der Waals surface area contributed by atoms with E-state index in [0.29, 0.717) is 18.7 Å². The van der Waals surface area contributed by atoms with Crippen molar-refractivity contribution in [1.29, 1.82) is 0 Å². The Morgan fingerprint density at radius 2 is 2.33 bits per heavy atom. The van der Waals surface area contributed by atoms with Gasteiger partial charge in [0, 0.05) is 17.5 Å². The number of nitrogens with two attached hydrogens (primary N) is 1. The lowest BCUT2D eigenvalue weighted by atomic mass is 10.0. The number of hydrogen-bond donors (Lipinski definition) is 2. The van der Waals surface area contributed by atoms with Crippen LogP contribution >= 0.6 is 0 Å². The highest BCUT2D eigenvalue weighted by Crippen LogP contribution is 2.35. The van der Waals surface area contributed by atoms with E-state index in [4.69, 9.17) is 10.5 Å². The van der Waals surface area contributed by atoms with Gasteiger partial charge in [-0.3, -0.25) is 9.89 Å². The van der Waals surface area contributed by atoms with Gasteiger partial charge < -0.3 is 10.5 Å². The monoisotopic (exact) mass is 243 g/mol. The number of hydrogen-bond acceptors (Lipinski definition) is 3. The summed E-state index contributed by atoms with van der Waals surface area (Å²) in [4.78, 5) is 11.3. The third kappa shape index (κ3) is 1.55. The molecule has 3 N–H and O–H groups in total. The molecule has 0 aliphatic carbocycles. The minimum Gasteiger partial charge on any atom is -0.493 e. The maximum Gasteiger partial charge on any atom is 0.267 e. The first-order valence-electron chi connectivity index (χ1n) is 5.77. The first kappa shape index (κ1) is 10.8. The summed E-state index contributed by atoms with van der Waals surface area (Å²) in [7, 11) is 0. The van der Waals surface area contributed by atoms with E-state index in [2.05, 4.69) is 10.2 Å². The molecule has 0 saturated heterocycles. The fourth-order valence-corrected chi connectivity index (χ4v) is 2.25. The molecule has 0 radical (unpaired) electrons. The molecule has 0 bridgehead atoms. The fraction of sp³-hybridized carbons (Fsp3) is 0.231. The van der Waals surface area contributed by atoms with Crippen molar-refractivity contribution in [1.82, 2.24) is 10.2 Å². The molecule has 92 valence electrons. The van der Waals surface area contributed by atoms with Crippen LogP contribution in [0.5, 0.6) is 5.75 Å². The normalized spacial score (nSPS) is 13.2. The van der Waals surface area contributed by atoms with Crippen molar-refractivity contribution in [2.24, 2.45) is 5.73 Å². The number of amides is 1. The molecular formula is C13H13N3O2. The Labute approximate surface area is 104 Å². The van der Waals surface area contributed by atoms with E-state index in [1.54, 1.807) is 0 Å². The molecule has 1 aromatic carbocycles. The summed E-state index contributed by atoms with van der Waals surface area (Å²) >= 11 is 0. The van der Waals surface area contributed by atoms with Crippen molar-refractivity contribution in [3.05, 3.63) is 35.0 Å². The third-order valence-electron chi connectivity index (χ3n) is 3.11. The summed E-state index contributed by atoms with van der Waals surface area (Å²) in [5, 5.41) is 6.94. The van der Waals surface area contributed by atoms with Crippen molar-refractivity contribution >= 4 is 5.91 Å². The van der Waals surface area contributed by atoms with E-state index >= 15 is 0 Å². The van der Waals surface area contributed by atoms with Gasteiger partial charge in [0.05, 0.1) is 12.3 Å². The summed E-state index contributed by atoms with van der Waals surface area (Å²) < 4.78 is 5.67. The Morgan fingerprint density at radius 3 is 3.11 bits per heavy atom. The predicted octanol–water partition coefficient (Wildman–Crippen LogP) is 1.42. The number of fused-ring (bicyclic) bond motifs is 3. The van der Waals surface area contributed by atoms with E-state index in [-0.39, 0.29) is 0 Å². The Bertz CT molecular complexity index is 631. The topological polar surface area (TPSA) is 81.0 Å². The summed E-state index contributed by atoms with van der Waals surface area (Å²) in [6.07, 6.45) is 0.623. The standard InChI is InChI=1S/C13H13N3O2/c1-7-2-3-10-9(6-7)11-8(4-5-18-10)12(13(14)17)16-15-11/h2-3,6H,4-5H2,1H3,(H2,14,17)(H,15,16). The van der Waals surface area contributed by atoms with E-state index in [9.17, 15) is 4.79 Å². The predicted molar refractivity (Wildman–Crippen MR) is 66.5 cm³/mol. The average Bonchev–Trinajstić information content (AvgIpc) is 2.67. The molecule has 0 atom stereocenters. The van der Waals surface area contributed by atoms with Crippen molar-refractivity contribution < 1.29 is 9.53 Å². The van der Waals surface area contributed by atoms with Crippen LogP contribution in [0.15, 0.2) is 18.2 Å². The molecule has 5 heteroatoms. The lowest BCUT2D eigenvalue weighted by Gasteiger charge is -2.06. The number of carbonyl (C=O) groups excluding carboxylic acids is 1. The van der Waals surface area contributed by atoms with Gasteiger partial charge in [0.1, 0.15) is 11.4 Å². The maximum atomic E-state index is 11.3. The number of rotatable bonds is 1. The average molecular weight is 243 g/mol. The molecule has 1 amide bonds. The van der Waals surface area contributed by atoms with E-state index in [1.807, 2.05) is 25.1 Å². The second kappa shape index (κ2) is 3.87. The Balaban J connectivity index is 2.25. The molecule has 2 aromatic rings. The number of benzene rings is 1. The van der Waals surface area contributed by atoms with Crippen molar-refractivity contribution in [2.45, 2.75) is 13.3 Å². The van der Waals surface area contributed by atoms with Gasteiger partial charge in [0.2, 0.25) is 0 Å². The van der Waals surface area contributed by atoms with Gasteiger partial charge in [-0.2, -0.15) is 5.10 Å². The molecule has 1 aliphatic rings. The van der Waals surface area contributed by atoms with Crippen LogP contribution in [0.4, 0.5) is 0 Å². The third-order valence-corrected chi connectivity index (χ3v) is 3.11. The number of H-pyrrole nitrogens is 1. The number of nitrogens with zero attached hydrogens (tertiary/aromatic N) is 1. The minimum atomic E-state index is -0.486. The van der Waals surface area contributed by atoms with Crippen LogP contribution < -0.4 is 10.5 Å². The number of nitrogens with one attached hydrogen (secondary N) is 1. The van der Waals surface area contributed by atoms with Gasteiger partial charge in [-0.15, -0.1) is 0 Å². The van der Waals surface area contributed by atoms with Crippen LogP contribution in [0.2, 0.25) is 0 Å². The largest absolute Gasteiger partial charge is 0.493 e. The quantitative estimate of drug-likeness (QED) is 0.794. The Morgan fingerprint density at radius 1 is 1.50 bits per heavy atom. The van der Waals surface area contributed by atoms with Crippen LogP contribution in [0.3, 0.4) is 0 Å². The molecule has 18 heavy (non-hydrogen) atoms. The van der Waals surface area contributed by atoms with Crippen LogP contribution in [-0.2, 0) is 6.42 Å². The zero-order valence-corrected chi connectivity index (χ0v) is 9.99. The molecule has 1 aromatic heterocycles. The molecule has 5 nitrogen and oxygen atoms in total. The smallest absolute Gasteiger partial charge is 0.267 e. The fourth-order valence-electron chi connectivity index (χ4n) is 2.25. The molecule has 0 fully saturated rings. The SMILES string of the molecule is Cc1ccc2c(c1)-c1n[nH]c(C(N)=O)c1CCO2. The molecular weight excluding hydrogens is 230 g/mol. The number of ether oxygens (including phenoxy) is 1. The number of carbonyl (C=O) groups is 1. The maximum absolute atomic E-state index is 11.3. The summed E-state index contributed by atoms with van der Waals surface area (Å²) in [5.74, 6) is 0.307. The molecule has 0 unspecified atom stereocenters. The highest BCUT2D eigenvalue weighted by atomic mass is 16.5.